The predicted molar refractivity (Wildman–Crippen MR) is 105 cm³/mol. The van der Waals surface area contributed by atoms with Crippen LogP contribution in [0.5, 0.6) is 0 Å². The maximum atomic E-state index is 10.5. The number of hydrogen-bond acceptors (Lipinski definition) is 10. The van der Waals surface area contributed by atoms with Crippen LogP contribution < -0.4 is 0 Å². The Bertz CT molecular complexity index is 660. The second-order valence-electron chi connectivity index (χ2n) is 10.5. The third-order valence-corrected chi connectivity index (χ3v) is 8.69. The van der Waals surface area contributed by atoms with Crippen LogP contribution >= 0.6 is 0 Å². The average molecular weight is 449 g/mol. The molecule has 2 aliphatic carbocycles. The first-order valence-corrected chi connectivity index (χ1v) is 11.0. The molecule has 31 heavy (non-hydrogen) atoms. The number of hydrogen-bond donors (Lipinski definition) is 6. The Labute approximate surface area is 181 Å². The van der Waals surface area contributed by atoms with Gasteiger partial charge in [0, 0.05) is 0 Å². The van der Waals surface area contributed by atoms with Crippen LogP contribution in [0.2, 0.25) is 0 Å². The summed E-state index contributed by atoms with van der Waals surface area (Å²) < 4.78 is 22.6. The van der Waals surface area contributed by atoms with Crippen LogP contribution in [0.15, 0.2) is 0 Å². The van der Waals surface area contributed by atoms with Gasteiger partial charge in [0.2, 0.25) is 0 Å². The van der Waals surface area contributed by atoms with Gasteiger partial charge in [-0.05, 0) is 36.0 Å². The van der Waals surface area contributed by atoms with Gasteiger partial charge in [0.1, 0.15) is 36.1 Å². The van der Waals surface area contributed by atoms with Gasteiger partial charge in [-0.25, -0.2) is 0 Å². The Hall–Kier alpha value is -0.400. The molecule has 6 N–H and O–H groups in total. The highest BCUT2D eigenvalue weighted by Gasteiger charge is 2.63. The molecule has 2 bridgehead atoms. The molecule has 180 valence electrons. The third kappa shape index (κ3) is 3.65. The molecule has 4 rings (SSSR count). The quantitative estimate of drug-likeness (QED) is 0.282. The molecule has 0 aromatic heterocycles. The minimum absolute atomic E-state index is 0.0791. The first kappa shape index (κ1) is 23.7. The molecule has 0 radical (unpaired) electrons. The molecule has 11 atom stereocenters. The van der Waals surface area contributed by atoms with Crippen LogP contribution in [0.3, 0.4) is 0 Å². The fourth-order valence-electron chi connectivity index (χ4n) is 5.79. The summed E-state index contributed by atoms with van der Waals surface area (Å²) in [5, 5.41) is 60.5. The summed E-state index contributed by atoms with van der Waals surface area (Å²) in [4.78, 5) is 0. The lowest BCUT2D eigenvalue weighted by molar-refractivity contribution is -0.326. The summed E-state index contributed by atoms with van der Waals surface area (Å²) in [5.74, 6) is 0.518. The zero-order valence-electron chi connectivity index (χ0n) is 18.3. The van der Waals surface area contributed by atoms with E-state index in [4.69, 9.17) is 18.9 Å². The Morgan fingerprint density at radius 3 is 2.26 bits per heavy atom. The van der Waals surface area contributed by atoms with E-state index in [0.717, 1.165) is 19.3 Å². The summed E-state index contributed by atoms with van der Waals surface area (Å²) in [7, 11) is 0. The fourth-order valence-corrected chi connectivity index (χ4v) is 5.79. The Balaban J connectivity index is 1.39. The van der Waals surface area contributed by atoms with Gasteiger partial charge in [-0.3, -0.25) is 0 Å². The van der Waals surface area contributed by atoms with E-state index >= 15 is 0 Å². The average Bonchev–Trinajstić information content (AvgIpc) is 3.22. The number of fused-ring (bicyclic) bond motifs is 2. The predicted octanol–water partition coefficient (Wildman–Crippen LogP) is -1.52. The molecular formula is C21H36O10. The van der Waals surface area contributed by atoms with E-state index < -0.39 is 55.3 Å². The van der Waals surface area contributed by atoms with Crippen LogP contribution in [0.4, 0.5) is 0 Å². The van der Waals surface area contributed by atoms with Crippen molar-refractivity contribution in [2.75, 3.05) is 19.8 Å². The molecule has 2 saturated heterocycles. The van der Waals surface area contributed by atoms with Gasteiger partial charge in [0.25, 0.3) is 0 Å². The Morgan fingerprint density at radius 1 is 1.00 bits per heavy atom. The normalized spacial score (nSPS) is 53.9. The second-order valence-corrected chi connectivity index (χ2v) is 10.5. The lowest BCUT2D eigenvalue weighted by Crippen LogP contribution is -2.60. The summed E-state index contributed by atoms with van der Waals surface area (Å²) in [6, 6.07) is 0. The van der Waals surface area contributed by atoms with E-state index in [1.165, 1.54) is 0 Å². The first-order valence-electron chi connectivity index (χ1n) is 11.0. The van der Waals surface area contributed by atoms with E-state index in [9.17, 15) is 30.6 Å². The lowest BCUT2D eigenvalue weighted by Gasteiger charge is -2.45. The van der Waals surface area contributed by atoms with Gasteiger partial charge in [-0.2, -0.15) is 0 Å². The van der Waals surface area contributed by atoms with E-state index in [0.29, 0.717) is 5.92 Å². The molecule has 0 spiro atoms. The van der Waals surface area contributed by atoms with Crippen LogP contribution in [0.25, 0.3) is 0 Å². The van der Waals surface area contributed by atoms with Crippen LogP contribution in [0, 0.1) is 16.7 Å². The number of aliphatic hydroxyl groups excluding tert-OH is 5. The van der Waals surface area contributed by atoms with Gasteiger partial charge in [0.15, 0.2) is 12.6 Å². The number of aliphatic hydroxyl groups is 6. The number of ether oxygens (including phenoxy) is 4. The minimum atomic E-state index is -1.83. The fraction of sp³-hybridized carbons (Fsp3) is 1.00. The zero-order valence-corrected chi connectivity index (χ0v) is 18.3. The van der Waals surface area contributed by atoms with E-state index in [-0.39, 0.29) is 30.1 Å². The number of rotatable bonds is 6. The van der Waals surface area contributed by atoms with Gasteiger partial charge >= 0.3 is 0 Å². The summed E-state index contributed by atoms with van der Waals surface area (Å²) in [6.45, 7) is 5.36. The molecule has 2 saturated carbocycles. The highest BCUT2D eigenvalue weighted by atomic mass is 16.7. The van der Waals surface area contributed by atoms with Gasteiger partial charge in [0.05, 0.1) is 25.9 Å². The topological polar surface area (TPSA) is 158 Å². The van der Waals surface area contributed by atoms with Crippen molar-refractivity contribution < 1.29 is 49.6 Å². The smallest absolute Gasteiger partial charge is 0.186 e. The van der Waals surface area contributed by atoms with Crippen molar-refractivity contribution >= 4 is 0 Å². The Kier molecular flexibility index (Phi) is 6.22. The van der Waals surface area contributed by atoms with Crippen LogP contribution in [0.1, 0.15) is 40.0 Å². The molecule has 4 aliphatic rings. The second kappa shape index (κ2) is 8.12. The molecule has 4 fully saturated rings. The van der Waals surface area contributed by atoms with Gasteiger partial charge in [-0.15, -0.1) is 0 Å². The van der Waals surface area contributed by atoms with Gasteiger partial charge < -0.3 is 49.6 Å². The highest BCUT2D eigenvalue weighted by Crippen LogP contribution is 2.66. The highest BCUT2D eigenvalue weighted by molar-refractivity contribution is 5.11. The molecule has 2 heterocycles. The molecule has 0 amide bonds. The third-order valence-electron chi connectivity index (χ3n) is 8.69. The van der Waals surface area contributed by atoms with E-state index in [2.05, 4.69) is 20.8 Å². The maximum Gasteiger partial charge on any atom is 0.186 e. The zero-order chi connectivity index (χ0) is 22.8. The summed E-state index contributed by atoms with van der Waals surface area (Å²) >= 11 is 0. The van der Waals surface area contributed by atoms with Crippen molar-refractivity contribution in [2.45, 2.75) is 94.8 Å². The summed E-state index contributed by atoms with van der Waals surface area (Å²) in [5.41, 5.74) is -1.82. The monoisotopic (exact) mass is 448 g/mol. The molecular weight excluding hydrogens is 412 g/mol. The largest absolute Gasteiger partial charge is 0.393 e. The molecule has 0 aromatic rings. The maximum absolute atomic E-state index is 10.5. The van der Waals surface area contributed by atoms with E-state index in [1.54, 1.807) is 0 Å². The molecule has 10 nitrogen and oxygen atoms in total. The standard InChI is InChI=1S/C21H36O10/c1-19(2)10-4-5-20(19,3)12(6-10)31-17-15(25)14(24)13(23)11(30-17)7-28-18-16(26)21(27,8-22)9-29-18/h10-18,22-27H,4-9H2,1-3H3/t10-,11-,12+,13-,14+,15-,16+,17+,18-,20+,21-/m1/s1. The van der Waals surface area contributed by atoms with Crippen molar-refractivity contribution in [3.63, 3.8) is 0 Å². The van der Waals surface area contributed by atoms with E-state index in [1.807, 2.05) is 0 Å². The van der Waals surface area contributed by atoms with Crippen molar-refractivity contribution in [2.24, 2.45) is 16.7 Å². The van der Waals surface area contributed by atoms with Crippen molar-refractivity contribution in [1.29, 1.82) is 0 Å². The summed E-state index contributed by atoms with van der Waals surface area (Å²) in [6.07, 6.45) is -6.45. The van der Waals surface area contributed by atoms with Crippen molar-refractivity contribution in [1.82, 2.24) is 0 Å². The van der Waals surface area contributed by atoms with Crippen LogP contribution in [-0.4, -0.2) is 105 Å². The SMILES string of the molecule is CC1(C)[C@@H]2CC[C@@]1(C)[C@@H](O[C@@H]1O[C@H](CO[C@@H]3OC[C@](O)(CO)[C@H]3O)[C@@H](O)[C@H](O)[C@H]1O)C2. The molecule has 0 unspecified atom stereocenters. The van der Waals surface area contributed by atoms with Crippen molar-refractivity contribution in [3.8, 4) is 0 Å². The lowest BCUT2D eigenvalue weighted by atomic mass is 9.70. The van der Waals surface area contributed by atoms with Crippen LogP contribution in [-0.2, 0) is 18.9 Å². The molecule has 0 aromatic carbocycles. The van der Waals surface area contributed by atoms with Gasteiger partial charge in [-0.1, -0.05) is 20.8 Å². The Morgan fingerprint density at radius 2 is 1.71 bits per heavy atom. The minimum Gasteiger partial charge on any atom is -0.393 e. The first-order chi connectivity index (χ1) is 14.4. The van der Waals surface area contributed by atoms with Crippen molar-refractivity contribution in [3.05, 3.63) is 0 Å². The molecule has 10 heteroatoms. The molecule has 2 aliphatic heterocycles.